The zero-order valence-corrected chi connectivity index (χ0v) is 21.2. The van der Waals surface area contributed by atoms with Crippen molar-refractivity contribution in [2.24, 2.45) is 5.92 Å². The van der Waals surface area contributed by atoms with Crippen molar-refractivity contribution in [3.8, 4) is 28.4 Å². The molecule has 37 heavy (non-hydrogen) atoms. The lowest BCUT2D eigenvalue weighted by Gasteiger charge is -2.31. The minimum Gasteiger partial charge on any atom is -0.497 e. The molecule has 2 aromatic heterocycles. The van der Waals surface area contributed by atoms with Gasteiger partial charge in [0.2, 0.25) is 5.95 Å². The lowest BCUT2D eigenvalue weighted by atomic mass is 9.98. The van der Waals surface area contributed by atoms with Crippen LogP contribution in [-0.2, 0) is 9.53 Å². The van der Waals surface area contributed by atoms with E-state index in [2.05, 4.69) is 0 Å². The van der Waals surface area contributed by atoms with Crippen molar-refractivity contribution in [3.05, 3.63) is 48.5 Å². The summed E-state index contributed by atoms with van der Waals surface area (Å²) in [5.41, 5.74) is 9.42. The lowest BCUT2D eigenvalue weighted by molar-refractivity contribution is -0.148. The number of nitrogen functional groups attached to an aromatic ring is 1. The third-order valence-electron chi connectivity index (χ3n) is 6.56. The molecule has 1 aliphatic rings. The number of ether oxygens (including phenoxy) is 3. The van der Waals surface area contributed by atoms with Crippen molar-refractivity contribution >= 4 is 28.8 Å². The summed E-state index contributed by atoms with van der Waals surface area (Å²) in [6.07, 6.45) is 1.62. The molecule has 3 heterocycles. The van der Waals surface area contributed by atoms with Crippen LogP contribution in [0.2, 0.25) is 0 Å². The van der Waals surface area contributed by atoms with Gasteiger partial charge in [0.1, 0.15) is 17.3 Å². The van der Waals surface area contributed by atoms with Crippen LogP contribution in [0.5, 0.6) is 11.5 Å². The maximum absolute atomic E-state index is 12.4. The molecule has 10 heteroatoms. The fraction of sp³-hybridized carbons (Fsp3) is 0.333. The van der Waals surface area contributed by atoms with Gasteiger partial charge < -0.3 is 24.8 Å². The number of piperidine rings is 1. The van der Waals surface area contributed by atoms with Gasteiger partial charge in [0.25, 0.3) is 0 Å². The Labute approximate surface area is 215 Å². The van der Waals surface area contributed by atoms with Crippen LogP contribution >= 0.6 is 0 Å². The molecule has 0 saturated carbocycles. The van der Waals surface area contributed by atoms with Gasteiger partial charge in [-0.3, -0.25) is 4.79 Å². The van der Waals surface area contributed by atoms with Crippen LogP contribution in [0.3, 0.4) is 0 Å². The second-order valence-corrected chi connectivity index (χ2v) is 8.83. The Morgan fingerprint density at radius 2 is 1.70 bits per heavy atom. The number of methoxy groups -OCH3 is 2. The second-order valence-electron chi connectivity index (χ2n) is 8.83. The zero-order chi connectivity index (χ0) is 25.9. The normalized spacial score (nSPS) is 15.5. The number of rotatable bonds is 7. The highest BCUT2D eigenvalue weighted by atomic mass is 16.5. The fourth-order valence-electron chi connectivity index (χ4n) is 4.63. The van der Waals surface area contributed by atoms with E-state index >= 15 is 0 Å². The summed E-state index contributed by atoms with van der Waals surface area (Å²) >= 11 is 0. The first-order valence-corrected chi connectivity index (χ1v) is 12.3. The Morgan fingerprint density at radius 1 is 1.03 bits per heavy atom. The molecule has 0 aliphatic carbocycles. The van der Waals surface area contributed by atoms with E-state index in [0.717, 1.165) is 42.1 Å². The number of nitrogens with zero attached hydrogens (tertiary/aromatic N) is 5. The second kappa shape index (κ2) is 10.3. The van der Waals surface area contributed by atoms with E-state index in [-0.39, 0.29) is 11.9 Å². The molecule has 1 saturated heterocycles. The van der Waals surface area contributed by atoms with Gasteiger partial charge in [-0.15, -0.1) is 5.10 Å². The molecule has 1 fully saturated rings. The monoisotopic (exact) mass is 502 g/mol. The molecule has 2 N–H and O–H groups in total. The van der Waals surface area contributed by atoms with Crippen LogP contribution in [0.4, 0.5) is 11.8 Å². The van der Waals surface area contributed by atoms with Crippen LogP contribution < -0.4 is 20.1 Å². The molecule has 1 atom stereocenters. The Morgan fingerprint density at radius 3 is 2.35 bits per heavy atom. The van der Waals surface area contributed by atoms with Gasteiger partial charge >= 0.3 is 5.97 Å². The fourth-order valence-corrected chi connectivity index (χ4v) is 4.63. The number of benzene rings is 2. The largest absolute Gasteiger partial charge is 0.497 e. The van der Waals surface area contributed by atoms with E-state index in [0.29, 0.717) is 41.6 Å². The molecule has 1 unspecified atom stereocenters. The number of hydrogen-bond donors (Lipinski definition) is 1. The van der Waals surface area contributed by atoms with Crippen molar-refractivity contribution in [1.82, 2.24) is 19.7 Å². The Kier molecular flexibility index (Phi) is 6.80. The topological polar surface area (TPSA) is 118 Å². The minimum absolute atomic E-state index is 0.184. The number of fused-ring (bicyclic) bond motifs is 1. The molecule has 2 aromatic carbocycles. The molecule has 5 rings (SSSR count). The lowest BCUT2D eigenvalue weighted by Crippen LogP contribution is -2.40. The number of anilines is 2. The van der Waals surface area contributed by atoms with E-state index in [9.17, 15) is 4.79 Å². The van der Waals surface area contributed by atoms with Gasteiger partial charge in [0.15, 0.2) is 5.65 Å². The molecule has 192 valence electrons. The molecular weight excluding hydrogens is 472 g/mol. The number of nitrogens with two attached hydrogens (primary N) is 1. The summed E-state index contributed by atoms with van der Waals surface area (Å²) in [6, 6.07) is 15.1. The summed E-state index contributed by atoms with van der Waals surface area (Å²) in [7, 11) is 3.25. The molecule has 1 aliphatic heterocycles. The van der Waals surface area contributed by atoms with E-state index in [1.54, 1.807) is 18.9 Å². The van der Waals surface area contributed by atoms with E-state index in [4.69, 9.17) is 35.0 Å². The molecule has 0 amide bonds. The summed E-state index contributed by atoms with van der Waals surface area (Å²) in [5.74, 6) is 2.01. The molecule has 0 radical (unpaired) electrons. The zero-order valence-electron chi connectivity index (χ0n) is 21.2. The van der Waals surface area contributed by atoms with Gasteiger partial charge in [-0.05, 0) is 68.3 Å². The number of aromatic nitrogens is 4. The molecule has 4 aromatic rings. The SMILES string of the molecule is CCOC(=O)C1CCCN(c2nc(-c3ccc(OC)cc3)c3c(N)n(-c4ccc(OC)cc4)nc3n2)C1. The van der Waals surface area contributed by atoms with Crippen LogP contribution in [-0.4, -0.2) is 59.6 Å². The van der Waals surface area contributed by atoms with Gasteiger partial charge in [0, 0.05) is 18.7 Å². The van der Waals surface area contributed by atoms with Gasteiger partial charge in [0.05, 0.1) is 43.5 Å². The molecular formula is C27H30N6O4. The number of carbonyl (C=O) groups is 1. The average molecular weight is 503 g/mol. The van der Waals surface area contributed by atoms with Crippen molar-refractivity contribution in [3.63, 3.8) is 0 Å². The highest BCUT2D eigenvalue weighted by Crippen LogP contribution is 2.35. The summed E-state index contributed by atoms with van der Waals surface area (Å²) in [5, 5.41) is 5.41. The standard InChI is InChI=1S/C27H30N6O4/c1-4-37-26(34)18-6-5-15-32(16-18)27-29-23(17-7-11-20(35-2)12-8-17)22-24(28)33(31-25(22)30-27)19-9-13-21(36-3)14-10-19/h7-14,18H,4-6,15-16,28H2,1-3H3. The summed E-state index contributed by atoms with van der Waals surface area (Å²) < 4.78 is 17.6. The molecule has 0 bridgehead atoms. The Balaban J connectivity index is 1.62. The van der Waals surface area contributed by atoms with Gasteiger partial charge in [-0.25, -0.2) is 9.67 Å². The average Bonchev–Trinajstić information content (AvgIpc) is 3.29. The predicted octanol–water partition coefficient (Wildman–Crippen LogP) is 3.86. The highest BCUT2D eigenvalue weighted by Gasteiger charge is 2.29. The summed E-state index contributed by atoms with van der Waals surface area (Å²) in [6.45, 7) is 3.40. The van der Waals surface area contributed by atoms with Crippen molar-refractivity contribution in [2.45, 2.75) is 19.8 Å². The maximum atomic E-state index is 12.4. The Hall–Kier alpha value is -4.34. The highest BCUT2D eigenvalue weighted by molar-refractivity contribution is 5.99. The van der Waals surface area contributed by atoms with Crippen LogP contribution in [0.15, 0.2) is 48.5 Å². The maximum Gasteiger partial charge on any atom is 0.310 e. The van der Waals surface area contributed by atoms with E-state index in [1.807, 2.05) is 60.4 Å². The van der Waals surface area contributed by atoms with Gasteiger partial charge in [-0.2, -0.15) is 4.98 Å². The first kappa shape index (κ1) is 24.4. The van der Waals surface area contributed by atoms with Crippen LogP contribution in [0.1, 0.15) is 19.8 Å². The van der Waals surface area contributed by atoms with Crippen molar-refractivity contribution in [1.29, 1.82) is 0 Å². The summed E-state index contributed by atoms with van der Waals surface area (Å²) in [4.78, 5) is 24.2. The number of esters is 1. The number of carbonyl (C=O) groups excluding carboxylic acids is 1. The van der Waals surface area contributed by atoms with Gasteiger partial charge in [-0.1, -0.05) is 0 Å². The van der Waals surface area contributed by atoms with Crippen LogP contribution in [0, 0.1) is 5.92 Å². The predicted molar refractivity (Wildman–Crippen MR) is 141 cm³/mol. The first-order chi connectivity index (χ1) is 18.0. The molecule has 0 spiro atoms. The molecule has 10 nitrogen and oxygen atoms in total. The van der Waals surface area contributed by atoms with E-state index < -0.39 is 0 Å². The minimum atomic E-state index is -0.223. The van der Waals surface area contributed by atoms with Crippen LogP contribution in [0.25, 0.3) is 28.0 Å². The Bertz CT molecular complexity index is 1400. The van der Waals surface area contributed by atoms with Crippen molar-refractivity contribution < 1.29 is 19.0 Å². The van der Waals surface area contributed by atoms with Crippen molar-refractivity contribution in [2.75, 3.05) is 44.5 Å². The quantitative estimate of drug-likeness (QED) is 0.376. The number of hydrogen-bond acceptors (Lipinski definition) is 9. The van der Waals surface area contributed by atoms with E-state index in [1.165, 1.54) is 0 Å². The smallest absolute Gasteiger partial charge is 0.310 e. The third kappa shape index (κ3) is 4.74. The third-order valence-corrected chi connectivity index (χ3v) is 6.56. The first-order valence-electron chi connectivity index (χ1n) is 12.3.